The van der Waals surface area contributed by atoms with Crippen LogP contribution in [0.25, 0.3) is 0 Å². The summed E-state index contributed by atoms with van der Waals surface area (Å²) in [7, 11) is 0. The SMILES string of the molecule is C[C@@H](OC(=O)c1ccc(N2CCCC2)c([N+](=O)[O-])c1)C(=O)c1ccc(F)cc1. The Kier molecular flexibility index (Phi) is 5.67. The molecule has 3 rings (SSSR count). The number of anilines is 1. The smallest absolute Gasteiger partial charge is 0.339 e. The first-order valence-electron chi connectivity index (χ1n) is 8.91. The lowest BCUT2D eigenvalue weighted by Crippen LogP contribution is -2.24. The number of ketones is 1. The molecule has 146 valence electrons. The molecule has 0 aromatic heterocycles. The van der Waals surface area contributed by atoms with Crippen molar-refractivity contribution >= 4 is 23.1 Å². The standard InChI is InChI=1S/C20H19FN2O5/c1-13(19(24)14-4-7-16(21)8-5-14)28-20(25)15-6-9-17(18(12-15)23(26)27)22-10-2-3-11-22/h4-9,12-13H,2-3,10-11H2,1H3/t13-/m1/s1. The molecule has 0 aliphatic carbocycles. The van der Waals surface area contributed by atoms with Crippen molar-refractivity contribution in [1.82, 2.24) is 0 Å². The normalized spacial score (nSPS) is 14.6. The third-order valence-electron chi connectivity index (χ3n) is 4.64. The minimum Gasteiger partial charge on any atom is -0.451 e. The van der Waals surface area contributed by atoms with Gasteiger partial charge in [0.25, 0.3) is 5.69 Å². The van der Waals surface area contributed by atoms with Gasteiger partial charge in [0.2, 0.25) is 5.78 Å². The van der Waals surface area contributed by atoms with Gasteiger partial charge in [-0.3, -0.25) is 14.9 Å². The van der Waals surface area contributed by atoms with Crippen LogP contribution in [0.5, 0.6) is 0 Å². The lowest BCUT2D eigenvalue weighted by atomic mass is 10.1. The second-order valence-electron chi connectivity index (χ2n) is 6.57. The molecule has 8 heteroatoms. The highest BCUT2D eigenvalue weighted by molar-refractivity contribution is 6.01. The molecule has 1 aliphatic heterocycles. The molecule has 0 bridgehead atoms. The van der Waals surface area contributed by atoms with E-state index in [1.165, 1.54) is 37.3 Å². The van der Waals surface area contributed by atoms with Crippen LogP contribution in [-0.4, -0.2) is 35.9 Å². The largest absolute Gasteiger partial charge is 0.451 e. The van der Waals surface area contributed by atoms with Gasteiger partial charge in [-0.1, -0.05) is 0 Å². The molecule has 1 fully saturated rings. The number of nitro groups is 1. The predicted octanol–water partition coefficient (Wildman–Crippen LogP) is 3.76. The Hall–Kier alpha value is -3.29. The zero-order valence-corrected chi connectivity index (χ0v) is 15.3. The molecular formula is C20H19FN2O5. The monoisotopic (exact) mass is 386 g/mol. The maximum absolute atomic E-state index is 13.0. The highest BCUT2D eigenvalue weighted by atomic mass is 19.1. The molecular weight excluding hydrogens is 367 g/mol. The molecule has 0 unspecified atom stereocenters. The number of halogens is 1. The van der Waals surface area contributed by atoms with Crippen molar-refractivity contribution in [2.75, 3.05) is 18.0 Å². The molecule has 7 nitrogen and oxygen atoms in total. The number of nitro benzene ring substituents is 1. The van der Waals surface area contributed by atoms with Crippen LogP contribution in [0, 0.1) is 15.9 Å². The van der Waals surface area contributed by atoms with Crippen LogP contribution in [0.3, 0.4) is 0 Å². The van der Waals surface area contributed by atoms with E-state index >= 15 is 0 Å². The average Bonchev–Trinajstić information content (AvgIpc) is 3.22. The van der Waals surface area contributed by atoms with Crippen molar-refractivity contribution in [3.63, 3.8) is 0 Å². The molecule has 0 spiro atoms. The molecule has 1 aliphatic rings. The maximum atomic E-state index is 13.0. The highest BCUT2D eigenvalue weighted by Crippen LogP contribution is 2.32. The quantitative estimate of drug-likeness (QED) is 0.325. The summed E-state index contributed by atoms with van der Waals surface area (Å²) in [4.78, 5) is 37.5. The molecule has 1 atom stereocenters. The molecule has 2 aromatic carbocycles. The molecule has 28 heavy (non-hydrogen) atoms. The van der Waals surface area contributed by atoms with Gasteiger partial charge in [-0.2, -0.15) is 0 Å². The third-order valence-corrected chi connectivity index (χ3v) is 4.64. The Balaban J connectivity index is 1.76. The summed E-state index contributed by atoms with van der Waals surface area (Å²) in [6.45, 7) is 2.86. The van der Waals surface area contributed by atoms with Crippen LogP contribution in [0.2, 0.25) is 0 Å². The van der Waals surface area contributed by atoms with Gasteiger partial charge in [-0.05, 0) is 56.2 Å². The van der Waals surface area contributed by atoms with Gasteiger partial charge in [0.15, 0.2) is 6.10 Å². The molecule has 0 saturated carbocycles. The van der Waals surface area contributed by atoms with Crippen LogP contribution in [0.15, 0.2) is 42.5 Å². The van der Waals surface area contributed by atoms with E-state index in [1.54, 1.807) is 0 Å². The van der Waals surface area contributed by atoms with E-state index in [2.05, 4.69) is 0 Å². The van der Waals surface area contributed by atoms with E-state index in [-0.39, 0.29) is 16.8 Å². The van der Waals surface area contributed by atoms with Gasteiger partial charge in [0, 0.05) is 24.7 Å². The van der Waals surface area contributed by atoms with Gasteiger partial charge >= 0.3 is 5.97 Å². The highest BCUT2D eigenvalue weighted by Gasteiger charge is 2.26. The van der Waals surface area contributed by atoms with Crippen molar-refractivity contribution in [2.45, 2.75) is 25.9 Å². The van der Waals surface area contributed by atoms with E-state index in [0.717, 1.165) is 38.1 Å². The van der Waals surface area contributed by atoms with E-state index in [1.807, 2.05) is 4.90 Å². The van der Waals surface area contributed by atoms with E-state index in [4.69, 9.17) is 4.74 Å². The van der Waals surface area contributed by atoms with E-state index in [0.29, 0.717) is 5.69 Å². The first-order chi connectivity index (χ1) is 13.4. The van der Waals surface area contributed by atoms with Crippen molar-refractivity contribution in [1.29, 1.82) is 0 Å². The van der Waals surface area contributed by atoms with Gasteiger partial charge in [-0.25, -0.2) is 9.18 Å². The second-order valence-corrected chi connectivity index (χ2v) is 6.57. The van der Waals surface area contributed by atoms with Gasteiger partial charge in [0.05, 0.1) is 10.5 Å². The minimum atomic E-state index is -1.12. The number of hydrogen-bond acceptors (Lipinski definition) is 6. The number of nitrogens with zero attached hydrogens (tertiary/aromatic N) is 2. The van der Waals surface area contributed by atoms with Gasteiger partial charge < -0.3 is 9.64 Å². The number of carbonyl (C=O) groups is 2. The lowest BCUT2D eigenvalue weighted by molar-refractivity contribution is -0.384. The predicted molar refractivity (Wildman–Crippen MR) is 100 cm³/mol. The van der Waals surface area contributed by atoms with Crippen molar-refractivity contribution in [2.24, 2.45) is 0 Å². The summed E-state index contributed by atoms with van der Waals surface area (Å²) >= 11 is 0. The van der Waals surface area contributed by atoms with E-state index < -0.39 is 28.6 Å². The molecule has 0 radical (unpaired) electrons. The Bertz CT molecular complexity index is 907. The molecule has 0 amide bonds. The molecule has 0 N–H and O–H groups in total. The first kappa shape index (κ1) is 19.5. The number of carbonyl (C=O) groups excluding carboxylic acids is 2. The fraction of sp³-hybridized carbons (Fsp3) is 0.300. The Morgan fingerprint density at radius 1 is 1.11 bits per heavy atom. The summed E-state index contributed by atoms with van der Waals surface area (Å²) in [5.74, 6) is -1.80. The van der Waals surface area contributed by atoms with Crippen LogP contribution in [-0.2, 0) is 4.74 Å². The topological polar surface area (TPSA) is 89.8 Å². The zero-order chi connectivity index (χ0) is 20.3. The number of benzene rings is 2. The number of rotatable bonds is 6. The van der Waals surface area contributed by atoms with Crippen LogP contribution in [0.1, 0.15) is 40.5 Å². The van der Waals surface area contributed by atoms with Crippen LogP contribution >= 0.6 is 0 Å². The maximum Gasteiger partial charge on any atom is 0.339 e. The third kappa shape index (κ3) is 4.16. The minimum absolute atomic E-state index is 0.00611. The van der Waals surface area contributed by atoms with Crippen molar-refractivity contribution in [3.8, 4) is 0 Å². The summed E-state index contributed by atoms with van der Waals surface area (Å²) < 4.78 is 18.1. The fourth-order valence-electron chi connectivity index (χ4n) is 3.15. The van der Waals surface area contributed by atoms with Crippen molar-refractivity contribution < 1.29 is 23.6 Å². The second kappa shape index (κ2) is 8.16. The molecule has 2 aromatic rings. The van der Waals surface area contributed by atoms with E-state index in [9.17, 15) is 24.1 Å². The average molecular weight is 386 g/mol. The zero-order valence-electron chi connectivity index (χ0n) is 15.3. The van der Waals surface area contributed by atoms with Crippen molar-refractivity contribution in [3.05, 3.63) is 69.5 Å². The first-order valence-corrected chi connectivity index (χ1v) is 8.91. The molecule has 1 heterocycles. The summed E-state index contributed by atoms with van der Waals surface area (Å²) in [5.41, 5.74) is 0.494. The van der Waals surface area contributed by atoms with Gasteiger partial charge in [0.1, 0.15) is 11.5 Å². The number of hydrogen-bond donors (Lipinski definition) is 0. The number of esters is 1. The van der Waals surface area contributed by atoms with Crippen LogP contribution in [0.4, 0.5) is 15.8 Å². The number of Topliss-reactive ketones (excluding diaryl/α,β-unsaturated/α-hetero) is 1. The van der Waals surface area contributed by atoms with Crippen LogP contribution < -0.4 is 4.90 Å². The van der Waals surface area contributed by atoms with Gasteiger partial charge in [-0.15, -0.1) is 0 Å². The Labute approximate surface area is 160 Å². The fourth-order valence-corrected chi connectivity index (χ4v) is 3.15. The Morgan fingerprint density at radius 3 is 2.32 bits per heavy atom. The summed E-state index contributed by atoms with van der Waals surface area (Å²) in [5, 5.41) is 11.4. The number of ether oxygens (including phenoxy) is 1. The molecule has 1 saturated heterocycles. The summed E-state index contributed by atoms with van der Waals surface area (Å²) in [6, 6.07) is 9.05. The lowest BCUT2D eigenvalue weighted by Gasteiger charge is -2.18. The Morgan fingerprint density at radius 2 is 1.71 bits per heavy atom. The summed E-state index contributed by atoms with van der Waals surface area (Å²) in [6.07, 6.45) is 0.809.